The van der Waals surface area contributed by atoms with E-state index in [-0.39, 0.29) is 0 Å². The fraction of sp³-hybridized carbons (Fsp3) is 0.969. The Bertz CT molecular complexity index is 743. The van der Waals surface area contributed by atoms with Crippen LogP contribution >= 0.6 is 20.2 Å². The van der Waals surface area contributed by atoms with Gasteiger partial charge in [-0.05, 0) is 80.0 Å². The Morgan fingerprint density at radius 1 is 0.372 bits per heavy atom. The molecule has 16 atom stereocenters. The average Bonchev–Trinajstić information content (AvgIpc) is 3.77. The summed E-state index contributed by atoms with van der Waals surface area (Å²) in [6.07, 6.45) is 26.4. The summed E-state index contributed by atoms with van der Waals surface area (Å²) < 4.78 is 0. The second-order valence-electron chi connectivity index (χ2n) is 15.4. The molecule has 8 nitrogen and oxygen atoms in total. The van der Waals surface area contributed by atoms with Gasteiger partial charge in [0, 0.05) is 6.17 Å². The van der Waals surface area contributed by atoms with Crippen molar-refractivity contribution in [3.63, 3.8) is 0 Å². The molecule has 8 bridgehead atoms. The van der Waals surface area contributed by atoms with E-state index in [2.05, 4.69) is 69.2 Å². The number of nitrogens with one attached hydrogen (secondary N) is 8. The van der Waals surface area contributed by atoms with Crippen molar-refractivity contribution in [1.29, 1.82) is 0 Å². The summed E-state index contributed by atoms with van der Waals surface area (Å²) >= 11 is 0.757. The maximum atomic E-state index is 4.67. The summed E-state index contributed by atoms with van der Waals surface area (Å²) in [7, 11) is 9.34. The van der Waals surface area contributed by atoms with E-state index in [0.29, 0.717) is 61.2 Å². The van der Waals surface area contributed by atoms with Gasteiger partial charge in [0.2, 0.25) is 0 Å². The molecule has 0 aromatic carbocycles. The average molecular weight is 686 g/mol. The Kier molecular flexibility index (Phi) is 9.91. The molecule has 0 spiro atoms. The zero-order chi connectivity index (χ0) is 28.9. The van der Waals surface area contributed by atoms with E-state index < -0.39 is 0 Å². The molecule has 4 aliphatic carbocycles. The monoisotopic (exact) mass is 684 g/mol. The van der Waals surface area contributed by atoms with Gasteiger partial charge in [0.1, 0.15) is 0 Å². The molecule has 9 aliphatic rings. The van der Waals surface area contributed by atoms with Crippen molar-refractivity contribution in [2.75, 3.05) is 0 Å². The van der Waals surface area contributed by atoms with Crippen molar-refractivity contribution in [2.24, 2.45) is 47.3 Å². The van der Waals surface area contributed by atoms with E-state index in [1.54, 1.807) is 0 Å². The Balaban J connectivity index is 0.000000892. The number of rotatable bonds is 0. The van der Waals surface area contributed by atoms with Gasteiger partial charge in [-0.2, -0.15) is 6.42 Å². The summed E-state index contributed by atoms with van der Waals surface area (Å²) in [6.45, 7) is 0. The van der Waals surface area contributed by atoms with Gasteiger partial charge in [0.15, 0.2) is 0 Å². The summed E-state index contributed by atoms with van der Waals surface area (Å²) in [5.74, 6) is 5.74. The number of hydrogen-bond acceptors (Lipinski definition) is 8. The third-order valence-corrected chi connectivity index (χ3v) is 13.6. The van der Waals surface area contributed by atoms with E-state index in [1.165, 1.54) is 96.3 Å². The second kappa shape index (κ2) is 13.7. The second-order valence-corrected chi connectivity index (χ2v) is 17.0. The Hall–Kier alpha value is 0.779. The molecule has 5 heterocycles. The summed E-state index contributed by atoms with van der Waals surface area (Å²) in [4.78, 5) is 0. The molecular weight excluding hydrogens is 631 g/mol. The maximum absolute atomic E-state index is 4.67. The van der Waals surface area contributed by atoms with Crippen LogP contribution in [0.4, 0.5) is 0 Å². The van der Waals surface area contributed by atoms with Crippen LogP contribution in [0.3, 0.4) is 0 Å². The van der Waals surface area contributed by atoms with Crippen LogP contribution in [0.1, 0.15) is 96.3 Å². The fourth-order valence-corrected chi connectivity index (χ4v) is 11.7. The quantitative estimate of drug-likeness (QED) is 0.144. The number of fused-ring (bicyclic) bond motifs is 20. The van der Waals surface area contributed by atoms with Crippen LogP contribution in [0.2, 0.25) is 0 Å². The van der Waals surface area contributed by atoms with Crippen LogP contribution in [0, 0.1) is 53.8 Å². The predicted octanol–water partition coefficient (Wildman–Crippen LogP) is 3.80. The van der Waals surface area contributed by atoms with Gasteiger partial charge in [-0.15, -0.1) is 5.92 Å². The van der Waals surface area contributed by atoms with Crippen LogP contribution in [0.25, 0.3) is 0 Å². The Labute approximate surface area is 274 Å². The molecule has 5 aliphatic heterocycles. The Morgan fingerprint density at radius 3 is 0.953 bits per heavy atom. The summed E-state index contributed by atoms with van der Waals surface area (Å²) in [6, 6.07) is 0. The molecule has 4 saturated carbocycles. The first-order valence-electron chi connectivity index (χ1n) is 17.9. The van der Waals surface area contributed by atoms with Gasteiger partial charge >= 0.3 is 33.3 Å². The van der Waals surface area contributed by atoms with Gasteiger partial charge in [-0.3, -0.25) is 42.5 Å². The zero-order valence-corrected chi connectivity index (χ0v) is 27.9. The Morgan fingerprint density at radius 2 is 0.628 bits per heavy atom. The number of hydrogen-bond donors (Lipinski definition) is 8. The van der Waals surface area contributed by atoms with E-state index >= 15 is 0 Å². The van der Waals surface area contributed by atoms with E-state index in [4.69, 9.17) is 0 Å². The summed E-state index contributed by atoms with van der Waals surface area (Å²) in [5.41, 5.74) is 0. The van der Waals surface area contributed by atoms with Gasteiger partial charge in [0.25, 0.3) is 0 Å². The van der Waals surface area contributed by atoms with Crippen molar-refractivity contribution in [3.8, 4) is 0 Å². The van der Waals surface area contributed by atoms with Crippen LogP contribution in [0.15, 0.2) is 0 Å². The molecule has 0 aromatic rings. The van der Waals surface area contributed by atoms with Crippen molar-refractivity contribution < 1.29 is 13.1 Å². The molecular formula is C32H55Cl2CuN8-. The van der Waals surface area contributed by atoms with Crippen molar-refractivity contribution in [1.82, 2.24) is 42.5 Å². The van der Waals surface area contributed by atoms with E-state index in [9.17, 15) is 0 Å². The topological polar surface area (TPSA) is 96.2 Å². The summed E-state index contributed by atoms with van der Waals surface area (Å²) in [5, 5.41) is 33.7. The standard InChI is InChI=1S/C32H55N8.2ClH.Cu/c1-2-10-18-17(9-1)25-33-26(18)38-28-21-13-5-6-14-22(21)30(35-28)40-32-24-16-8-7-15-23(24)31(36-32)39-29-20-12-4-3-11-19(20)27(34-29)37-25;;;/h9,17-40H,1-8,10-16H2;2*1H;/q-1;;;+2/p-2. The first kappa shape index (κ1) is 31.1. The molecule has 0 amide bonds. The van der Waals surface area contributed by atoms with Gasteiger partial charge < -0.3 is 6.42 Å². The first-order valence-corrected chi connectivity index (χ1v) is 20.5. The first-order chi connectivity index (χ1) is 21.2. The molecule has 8 N–H and O–H groups in total. The molecule has 0 radical (unpaired) electrons. The van der Waals surface area contributed by atoms with Gasteiger partial charge in [-0.1, -0.05) is 51.4 Å². The molecule has 5 saturated heterocycles. The van der Waals surface area contributed by atoms with Crippen molar-refractivity contribution in [3.05, 3.63) is 6.42 Å². The van der Waals surface area contributed by atoms with E-state index in [0.717, 1.165) is 48.6 Å². The minimum atomic E-state index is 0.365. The van der Waals surface area contributed by atoms with E-state index in [1.807, 2.05) is 0 Å². The normalized spacial score (nSPS) is 54.1. The number of halogens is 2. The third-order valence-electron chi connectivity index (χ3n) is 13.6. The molecule has 249 valence electrons. The van der Waals surface area contributed by atoms with Crippen molar-refractivity contribution >= 4 is 20.2 Å². The predicted molar refractivity (Wildman–Crippen MR) is 169 cm³/mol. The van der Waals surface area contributed by atoms with Crippen molar-refractivity contribution in [2.45, 2.75) is 146 Å². The molecule has 0 aromatic heterocycles. The molecule has 43 heavy (non-hydrogen) atoms. The molecule has 16 unspecified atom stereocenters. The van der Waals surface area contributed by atoms with Gasteiger partial charge in [-0.25, -0.2) is 0 Å². The van der Waals surface area contributed by atoms with Gasteiger partial charge in [0.05, 0.1) is 43.2 Å². The third kappa shape index (κ3) is 6.01. The zero-order valence-electron chi connectivity index (χ0n) is 25.5. The van der Waals surface area contributed by atoms with Crippen LogP contribution in [-0.4, -0.2) is 49.3 Å². The molecule has 9 fully saturated rings. The fourth-order valence-electron chi connectivity index (χ4n) is 11.7. The molecule has 9 rings (SSSR count). The minimum absolute atomic E-state index is 0.365. The molecule has 11 heteroatoms. The van der Waals surface area contributed by atoms with Crippen LogP contribution in [0.5, 0.6) is 0 Å². The van der Waals surface area contributed by atoms with Crippen LogP contribution < -0.4 is 42.5 Å². The van der Waals surface area contributed by atoms with Crippen LogP contribution in [-0.2, 0) is 13.1 Å². The SMILES string of the molecule is [CH-]1CCCC2C3NC(NC4NC(NC5NC(NC6NC(N3)C3CCCCC63)C3CCCCC53)C3CCCCC43)C12.[Cl][Cu][Cl].